The van der Waals surface area contributed by atoms with Crippen LogP contribution in [0.15, 0.2) is 35.1 Å². The largest absolute Gasteiger partial charge is 0.348 e. The van der Waals surface area contributed by atoms with Gasteiger partial charge in [-0.15, -0.1) is 0 Å². The molecule has 0 radical (unpaired) electrons. The first-order valence-corrected chi connectivity index (χ1v) is 11.2. The Labute approximate surface area is 183 Å². The summed E-state index contributed by atoms with van der Waals surface area (Å²) in [7, 11) is 0. The Morgan fingerprint density at radius 1 is 1.19 bits per heavy atom. The Morgan fingerprint density at radius 3 is 2.61 bits per heavy atom. The maximum Gasteiger partial charge on any atom is 0.254 e. The quantitative estimate of drug-likeness (QED) is 0.588. The predicted octanol–water partition coefficient (Wildman–Crippen LogP) is 3.75. The summed E-state index contributed by atoms with van der Waals surface area (Å²) in [6.45, 7) is 10.4. The van der Waals surface area contributed by atoms with Crippen molar-refractivity contribution in [2.45, 2.75) is 53.1 Å². The van der Waals surface area contributed by atoms with Gasteiger partial charge in [-0.3, -0.25) is 9.59 Å². The number of fused-ring (bicyclic) bond motifs is 1. The number of amides is 1. The van der Waals surface area contributed by atoms with Crippen LogP contribution in [0.2, 0.25) is 0 Å². The number of nitrogens with one attached hydrogen (secondary N) is 3. The van der Waals surface area contributed by atoms with Gasteiger partial charge in [-0.2, -0.15) is 0 Å². The van der Waals surface area contributed by atoms with Crippen LogP contribution in [-0.4, -0.2) is 28.5 Å². The van der Waals surface area contributed by atoms with Crippen LogP contribution in [0.1, 0.15) is 58.7 Å². The zero-order chi connectivity index (χ0) is 22.1. The molecule has 0 spiro atoms. The van der Waals surface area contributed by atoms with E-state index in [1.165, 1.54) is 0 Å². The Morgan fingerprint density at radius 2 is 1.90 bits per heavy atom. The summed E-state index contributed by atoms with van der Waals surface area (Å²) in [6.07, 6.45) is 2.29. The van der Waals surface area contributed by atoms with Crippen LogP contribution in [-0.2, 0) is 6.54 Å². The van der Waals surface area contributed by atoms with Gasteiger partial charge in [-0.25, -0.2) is 0 Å². The molecule has 3 N–H and O–H groups in total. The second-order valence-electron chi connectivity index (χ2n) is 8.80. The smallest absolute Gasteiger partial charge is 0.254 e. The molecule has 1 unspecified atom stereocenters. The van der Waals surface area contributed by atoms with E-state index >= 15 is 0 Å². The standard InChI is InChI=1S/C25H32N4O2/c1-15-13-16(2)28-24(30)21(15)14-27-25(31)23-18(4)29(22-8-6-5-7-20(22)23)17(3)19-9-11-26-12-10-19/h5-8,13,17,19,26H,9-12,14H2,1-4H3,(H,27,31)(H,28,30). The molecule has 6 nitrogen and oxygen atoms in total. The zero-order valence-electron chi connectivity index (χ0n) is 18.8. The molecule has 164 valence electrons. The fraction of sp³-hybridized carbons (Fsp3) is 0.440. The highest BCUT2D eigenvalue weighted by Crippen LogP contribution is 2.34. The number of hydrogen-bond acceptors (Lipinski definition) is 3. The number of aromatic amines is 1. The van der Waals surface area contributed by atoms with E-state index in [1.807, 2.05) is 45.0 Å². The minimum Gasteiger partial charge on any atom is -0.348 e. The lowest BCUT2D eigenvalue weighted by Gasteiger charge is -2.30. The van der Waals surface area contributed by atoms with Crippen molar-refractivity contribution in [1.82, 2.24) is 20.2 Å². The van der Waals surface area contributed by atoms with Crippen molar-refractivity contribution in [2.24, 2.45) is 5.92 Å². The van der Waals surface area contributed by atoms with E-state index in [2.05, 4.69) is 33.2 Å². The molecular weight excluding hydrogens is 388 g/mol. The molecule has 1 saturated heterocycles. The molecule has 0 bridgehead atoms. The van der Waals surface area contributed by atoms with Gasteiger partial charge >= 0.3 is 0 Å². The maximum atomic E-state index is 13.3. The highest BCUT2D eigenvalue weighted by atomic mass is 16.2. The number of para-hydroxylation sites is 1. The minimum absolute atomic E-state index is 0.135. The van der Waals surface area contributed by atoms with Crippen molar-refractivity contribution in [3.8, 4) is 0 Å². The molecule has 1 atom stereocenters. The van der Waals surface area contributed by atoms with Crippen LogP contribution in [0, 0.1) is 26.7 Å². The molecule has 4 rings (SSSR count). The molecule has 1 fully saturated rings. The SMILES string of the molecule is Cc1cc(C)c(CNC(=O)c2c(C)n(C(C)C3CCNCC3)c3ccccc23)c(=O)[nH]1. The molecule has 3 aromatic rings. The Balaban J connectivity index is 1.67. The molecule has 6 heteroatoms. The van der Waals surface area contributed by atoms with Gasteiger partial charge in [0.05, 0.1) is 5.56 Å². The molecule has 3 heterocycles. The number of hydrogen-bond donors (Lipinski definition) is 3. The van der Waals surface area contributed by atoms with Crippen molar-refractivity contribution >= 4 is 16.8 Å². The lowest BCUT2D eigenvalue weighted by molar-refractivity contribution is 0.0951. The van der Waals surface area contributed by atoms with Crippen molar-refractivity contribution in [3.05, 3.63) is 68.8 Å². The fourth-order valence-corrected chi connectivity index (χ4v) is 5.10. The van der Waals surface area contributed by atoms with Crippen molar-refractivity contribution in [3.63, 3.8) is 0 Å². The van der Waals surface area contributed by atoms with Gasteiger partial charge in [0.25, 0.3) is 11.5 Å². The van der Waals surface area contributed by atoms with E-state index in [4.69, 9.17) is 0 Å². The molecule has 2 aromatic heterocycles. The van der Waals surface area contributed by atoms with Crippen LogP contribution in [0.5, 0.6) is 0 Å². The number of H-pyrrole nitrogens is 1. The van der Waals surface area contributed by atoms with E-state index in [9.17, 15) is 9.59 Å². The first kappa shape index (κ1) is 21.4. The van der Waals surface area contributed by atoms with Crippen molar-refractivity contribution in [2.75, 3.05) is 13.1 Å². The summed E-state index contributed by atoms with van der Waals surface area (Å²) in [6, 6.07) is 10.4. The van der Waals surface area contributed by atoms with Gasteiger partial charge in [0.2, 0.25) is 0 Å². The zero-order valence-corrected chi connectivity index (χ0v) is 18.8. The average Bonchev–Trinajstić information content (AvgIpc) is 3.04. The van der Waals surface area contributed by atoms with Gasteiger partial charge in [0, 0.05) is 40.4 Å². The molecule has 1 amide bonds. The van der Waals surface area contributed by atoms with Crippen LogP contribution >= 0.6 is 0 Å². The van der Waals surface area contributed by atoms with Crippen molar-refractivity contribution in [1.29, 1.82) is 0 Å². The molecule has 31 heavy (non-hydrogen) atoms. The molecule has 1 aromatic carbocycles. The third kappa shape index (κ3) is 4.04. The first-order chi connectivity index (χ1) is 14.9. The summed E-state index contributed by atoms with van der Waals surface area (Å²) in [5.41, 5.74) is 4.96. The Bertz CT molecular complexity index is 1170. The van der Waals surface area contributed by atoms with Crippen molar-refractivity contribution < 1.29 is 4.79 Å². The second-order valence-corrected chi connectivity index (χ2v) is 8.80. The predicted molar refractivity (Wildman–Crippen MR) is 125 cm³/mol. The number of nitrogens with zero attached hydrogens (tertiary/aromatic N) is 1. The first-order valence-electron chi connectivity index (χ1n) is 11.2. The highest BCUT2D eigenvalue weighted by Gasteiger charge is 2.27. The summed E-state index contributed by atoms with van der Waals surface area (Å²) in [4.78, 5) is 28.5. The third-order valence-electron chi connectivity index (χ3n) is 6.78. The van der Waals surface area contributed by atoms with Gasteiger partial charge in [-0.1, -0.05) is 18.2 Å². The molecule has 0 aliphatic carbocycles. The lowest BCUT2D eigenvalue weighted by atomic mass is 9.91. The number of piperidine rings is 1. The van der Waals surface area contributed by atoms with Crippen LogP contribution in [0.3, 0.4) is 0 Å². The number of pyridine rings is 1. The highest BCUT2D eigenvalue weighted by molar-refractivity contribution is 6.08. The topological polar surface area (TPSA) is 78.9 Å². The number of carbonyl (C=O) groups excluding carboxylic acids is 1. The van der Waals surface area contributed by atoms with E-state index < -0.39 is 0 Å². The number of rotatable bonds is 5. The van der Waals surface area contributed by atoms with E-state index in [0.717, 1.165) is 53.8 Å². The summed E-state index contributed by atoms with van der Waals surface area (Å²) < 4.78 is 2.34. The number of aryl methyl sites for hydroxylation is 2. The number of aromatic nitrogens is 2. The summed E-state index contributed by atoms with van der Waals surface area (Å²) >= 11 is 0. The summed E-state index contributed by atoms with van der Waals surface area (Å²) in [5, 5.41) is 7.40. The van der Waals surface area contributed by atoms with Gasteiger partial charge < -0.3 is 20.2 Å². The van der Waals surface area contributed by atoms with Gasteiger partial charge in [0.15, 0.2) is 0 Å². The van der Waals surface area contributed by atoms with E-state index in [0.29, 0.717) is 23.1 Å². The summed E-state index contributed by atoms with van der Waals surface area (Å²) in [5.74, 6) is 0.449. The lowest BCUT2D eigenvalue weighted by Crippen LogP contribution is -2.32. The van der Waals surface area contributed by atoms with Crippen LogP contribution in [0.25, 0.3) is 10.9 Å². The second kappa shape index (κ2) is 8.71. The minimum atomic E-state index is -0.142. The Hall–Kier alpha value is -2.86. The van der Waals surface area contributed by atoms with Gasteiger partial charge in [0.1, 0.15) is 0 Å². The van der Waals surface area contributed by atoms with E-state index in [1.54, 1.807) is 0 Å². The van der Waals surface area contributed by atoms with Crippen LogP contribution in [0.4, 0.5) is 0 Å². The molecule has 0 saturated carbocycles. The number of benzene rings is 1. The van der Waals surface area contributed by atoms with Gasteiger partial charge in [-0.05, 0) is 77.2 Å². The van der Waals surface area contributed by atoms with Crippen LogP contribution < -0.4 is 16.2 Å². The average molecular weight is 421 g/mol. The third-order valence-corrected chi connectivity index (χ3v) is 6.78. The van der Waals surface area contributed by atoms with E-state index in [-0.39, 0.29) is 18.0 Å². The molecule has 1 aliphatic rings. The number of carbonyl (C=O) groups is 1. The molecule has 1 aliphatic heterocycles. The Kier molecular flexibility index (Phi) is 6.01. The molecular formula is C25H32N4O2. The monoisotopic (exact) mass is 420 g/mol. The normalized spacial score (nSPS) is 15.9. The fourth-order valence-electron chi connectivity index (χ4n) is 5.10. The maximum absolute atomic E-state index is 13.3.